The van der Waals surface area contributed by atoms with Crippen LogP contribution >= 0.6 is 0 Å². The first-order valence-corrected chi connectivity index (χ1v) is 10.4. The molecule has 2 aromatic rings. The maximum absolute atomic E-state index is 5.65. The number of aliphatic imine (C=N–C) groups is 1. The van der Waals surface area contributed by atoms with Crippen LogP contribution in [0.3, 0.4) is 0 Å². The smallest absolute Gasteiger partial charge is 0.191 e. The minimum absolute atomic E-state index is 0.00366. The Morgan fingerprint density at radius 3 is 2.40 bits per heavy atom. The lowest BCUT2D eigenvalue weighted by molar-refractivity contribution is 0.0513. The Labute approximate surface area is 179 Å². The molecule has 0 saturated carbocycles. The fourth-order valence-electron chi connectivity index (χ4n) is 3.92. The highest BCUT2D eigenvalue weighted by Gasteiger charge is 2.34. The molecule has 0 spiro atoms. The van der Waals surface area contributed by atoms with Gasteiger partial charge in [0, 0.05) is 44.3 Å². The largest absolute Gasteiger partial charge is 0.497 e. The van der Waals surface area contributed by atoms with Crippen molar-refractivity contribution in [2.45, 2.75) is 31.7 Å². The molecule has 30 heavy (non-hydrogen) atoms. The Kier molecular flexibility index (Phi) is 7.57. The molecule has 1 fully saturated rings. The quantitative estimate of drug-likeness (QED) is 0.540. The van der Waals surface area contributed by atoms with E-state index in [0.29, 0.717) is 6.54 Å². The summed E-state index contributed by atoms with van der Waals surface area (Å²) in [6.07, 6.45) is 1.93. The van der Waals surface area contributed by atoms with Crippen molar-refractivity contribution < 1.29 is 14.2 Å². The first-order chi connectivity index (χ1) is 14.6. The van der Waals surface area contributed by atoms with Crippen molar-refractivity contribution >= 4 is 5.96 Å². The molecular formula is C24H33N3O3. The maximum atomic E-state index is 5.65. The summed E-state index contributed by atoms with van der Waals surface area (Å²) < 4.78 is 16.5. The lowest BCUT2D eigenvalue weighted by Crippen LogP contribution is -2.47. The minimum Gasteiger partial charge on any atom is -0.497 e. The van der Waals surface area contributed by atoms with Crippen LogP contribution in [0.1, 0.15) is 29.5 Å². The second kappa shape index (κ2) is 10.3. The number of ether oxygens (including phenoxy) is 3. The Morgan fingerprint density at radius 2 is 1.77 bits per heavy atom. The number of nitrogens with one attached hydrogen (secondary N) is 2. The van der Waals surface area contributed by atoms with Gasteiger partial charge in [0.25, 0.3) is 0 Å². The lowest BCUT2D eigenvalue weighted by atomic mass is 9.74. The van der Waals surface area contributed by atoms with Gasteiger partial charge in [0.2, 0.25) is 0 Å². The molecule has 2 aromatic carbocycles. The number of benzene rings is 2. The molecule has 0 bridgehead atoms. The average Bonchev–Trinajstić information content (AvgIpc) is 2.80. The van der Waals surface area contributed by atoms with Crippen molar-refractivity contribution in [2.24, 2.45) is 4.99 Å². The molecule has 3 rings (SSSR count). The van der Waals surface area contributed by atoms with E-state index in [1.807, 2.05) is 18.2 Å². The van der Waals surface area contributed by atoms with Crippen LogP contribution in [0.15, 0.2) is 47.5 Å². The van der Waals surface area contributed by atoms with Crippen molar-refractivity contribution in [3.63, 3.8) is 0 Å². The predicted molar refractivity (Wildman–Crippen MR) is 121 cm³/mol. The topological polar surface area (TPSA) is 64.1 Å². The van der Waals surface area contributed by atoms with Gasteiger partial charge >= 0.3 is 0 Å². The molecule has 1 aliphatic rings. The molecule has 0 aromatic heterocycles. The summed E-state index contributed by atoms with van der Waals surface area (Å²) in [6, 6.07) is 14.6. The molecule has 0 amide bonds. The van der Waals surface area contributed by atoms with E-state index in [1.54, 1.807) is 21.3 Å². The lowest BCUT2D eigenvalue weighted by Gasteiger charge is -2.38. The average molecular weight is 412 g/mol. The second-order valence-corrected chi connectivity index (χ2v) is 7.72. The van der Waals surface area contributed by atoms with Gasteiger partial charge < -0.3 is 24.8 Å². The number of hydrogen-bond donors (Lipinski definition) is 2. The zero-order valence-electron chi connectivity index (χ0n) is 18.5. The molecule has 1 aliphatic heterocycles. The summed E-state index contributed by atoms with van der Waals surface area (Å²) in [7, 11) is 5.19. The van der Waals surface area contributed by atoms with Crippen LogP contribution in [0.4, 0.5) is 0 Å². The number of nitrogens with zero attached hydrogens (tertiary/aromatic N) is 1. The van der Waals surface area contributed by atoms with Crippen LogP contribution in [0.25, 0.3) is 0 Å². The minimum atomic E-state index is 0.00366. The molecule has 0 aliphatic carbocycles. The molecule has 6 nitrogen and oxygen atoms in total. The molecule has 6 heteroatoms. The summed E-state index contributed by atoms with van der Waals surface area (Å²) in [6.45, 7) is 5.02. The highest BCUT2D eigenvalue weighted by atomic mass is 16.5. The van der Waals surface area contributed by atoms with E-state index in [0.717, 1.165) is 55.6 Å². The van der Waals surface area contributed by atoms with Crippen LogP contribution in [-0.4, -0.2) is 47.0 Å². The van der Waals surface area contributed by atoms with Gasteiger partial charge in [0.15, 0.2) is 5.96 Å². The Morgan fingerprint density at radius 1 is 1.03 bits per heavy atom. The molecule has 1 saturated heterocycles. The van der Waals surface area contributed by atoms with Crippen molar-refractivity contribution in [3.8, 4) is 11.5 Å². The zero-order chi connectivity index (χ0) is 21.4. The van der Waals surface area contributed by atoms with Gasteiger partial charge in [-0.2, -0.15) is 0 Å². The van der Waals surface area contributed by atoms with E-state index in [4.69, 9.17) is 14.2 Å². The van der Waals surface area contributed by atoms with Crippen LogP contribution in [0, 0.1) is 6.92 Å². The van der Waals surface area contributed by atoms with Gasteiger partial charge in [-0.05, 0) is 49.1 Å². The van der Waals surface area contributed by atoms with Crippen LogP contribution in [-0.2, 0) is 16.7 Å². The Hall–Kier alpha value is -2.73. The van der Waals surface area contributed by atoms with Crippen LogP contribution < -0.4 is 20.1 Å². The van der Waals surface area contributed by atoms with E-state index in [2.05, 4.69) is 46.8 Å². The van der Waals surface area contributed by atoms with Gasteiger partial charge in [-0.25, -0.2) is 0 Å². The SMILES string of the molecule is CN=C(NCc1ccc(C)cc1OC)NCC1(c2ccc(OC)cc2)CCOCC1. The highest BCUT2D eigenvalue weighted by Crippen LogP contribution is 2.35. The third-order valence-electron chi connectivity index (χ3n) is 5.86. The molecule has 2 N–H and O–H groups in total. The van der Waals surface area contributed by atoms with Crippen LogP contribution in [0.5, 0.6) is 11.5 Å². The predicted octanol–water partition coefficient (Wildman–Crippen LogP) is 3.43. The maximum Gasteiger partial charge on any atom is 0.191 e. The normalized spacial score (nSPS) is 16.1. The number of hydrogen-bond acceptors (Lipinski definition) is 4. The Balaban J connectivity index is 1.67. The first kappa shape index (κ1) is 22.0. The first-order valence-electron chi connectivity index (χ1n) is 10.4. The van der Waals surface area contributed by atoms with Gasteiger partial charge in [-0.1, -0.05) is 24.3 Å². The number of guanidine groups is 1. The van der Waals surface area contributed by atoms with E-state index in [1.165, 1.54) is 11.1 Å². The van der Waals surface area contributed by atoms with E-state index in [9.17, 15) is 0 Å². The summed E-state index contributed by atoms with van der Waals surface area (Å²) in [5, 5.41) is 6.95. The monoisotopic (exact) mass is 411 g/mol. The van der Waals surface area contributed by atoms with Crippen molar-refractivity contribution in [3.05, 3.63) is 59.2 Å². The van der Waals surface area contributed by atoms with E-state index < -0.39 is 0 Å². The fraction of sp³-hybridized carbons (Fsp3) is 0.458. The molecule has 0 atom stereocenters. The standard InChI is InChI=1S/C24H33N3O3/c1-18-5-6-19(22(15-18)29-4)16-26-23(25-2)27-17-24(11-13-30-14-12-24)20-7-9-21(28-3)10-8-20/h5-10,15H,11-14,16-17H2,1-4H3,(H2,25,26,27). The summed E-state index contributed by atoms with van der Waals surface area (Å²) in [5.74, 6) is 2.53. The zero-order valence-corrected chi connectivity index (χ0v) is 18.5. The summed E-state index contributed by atoms with van der Waals surface area (Å²) >= 11 is 0. The van der Waals surface area contributed by atoms with Crippen molar-refractivity contribution in [1.29, 1.82) is 0 Å². The third kappa shape index (κ3) is 5.25. The number of aryl methyl sites for hydroxylation is 1. The number of methoxy groups -OCH3 is 2. The third-order valence-corrected chi connectivity index (χ3v) is 5.86. The van der Waals surface area contributed by atoms with Crippen molar-refractivity contribution in [1.82, 2.24) is 10.6 Å². The highest BCUT2D eigenvalue weighted by molar-refractivity contribution is 5.79. The van der Waals surface area contributed by atoms with E-state index >= 15 is 0 Å². The second-order valence-electron chi connectivity index (χ2n) is 7.72. The van der Waals surface area contributed by atoms with Gasteiger partial charge in [-0.15, -0.1) is 0 Å². The number of rotatable bonds is 7. The van der Waals surface area contributed by atoms with Crippen molar-refractivity contribution in [2.75, 3.05) is 41.0 Å². The molecule has 0 radical (unpaired) electrons. The van der Waals surface area contributed by atoms with Gasteiger partial charge in [0.1, 0.15) is 11.5 Å². The van der Waals surface area contributed by atoms with Gasteiger partial charge in [0.05, 0.1) is 14.2 Å². The van der Waals surface area contributed by atoms with Crippen LogP contribution in [0.2, 0.25) is 0 Å². The molecule has 1 heterocycles. The molecule has 162 valence electrons. The van der Waals surface area contributed by atoms with E-state index in [-0.39, 0.29) is 5.41 Å². The van der Waals surface area contributed by atoms with Gasteiger partial charge in [-0.3, -0.25) is 4.99 Å². The molecular weight excluding hydrogens is 378 g/mol. The summed E-state index contributed by atoms with van der Waals surface area (Å²) in [4.78, 5) is 4.42. The Bertz CT molecular complexity index is 843. The summed E-state index contributed by atoms with van der Waals surface area (Å²) in [5.41, 5.74) is 3.58. The fourth-order valence-corrected chi connectivity index (χ4v) is 3.92. The molecule has 0 unspecified atom stereocenters.